The Bertz CT molecular complexity index is 880. The molecule has 3 aromatic rings. The van der Waals surface area contributed by atoms with Gasteiger partial charge in [0.1, 0.15) is 5.75 Å². The van der Waals surface area contributed by atoms with Crippen LogP contribution in [0.2, 0.25) is 0 Å². The highest BCUT2D eigenvalue weighted by molar-refractivity contribution is 5.89. The normalized spacial score (nSPS) is 10.6. The molecule has 25 heavy (non-hydrogen) atoms. The number of esters is 2. The van der Waals surface area contributed by atoms with Gasteiger partial charge in [0.25, 0.3) is 0 Å². The molecule has 0 atom stereocenters. The molecule has 5 nitrogen and oxygen atoms in total. The van der Waals surface area contributed by atoms with E-state index in [0.717, 1.165) is 11.9 Å². The quantitative estimate of drug-likeness (QED) is 0.547. The largest absolute Gasteiger partial charge is 0.465 e. The molecular formula is C20H19NO4. The summed E-state index contributed by atoms with van der Waals surface area (Å²) in [5.41, 5.74) is 2.72. The molecule has 0 fully saturated rings. The van der Waals surface area contributed by atoms with Crippen LogP contribution in [0.15, 0.2) is 54.7 Å². The average Bonchev–Trinajstić information content (AvgIpc) is 3.05. The molecule has 0 unspecified atom stereocenters. The molecule has 0 aliphatic heterocycles. The van der Waals surface area contributed by atoms with Crippen LogP contribution in [0.5, 0.6) is 5.75 Å². The highest BCUT2D eigenvalue weighted by Gasteiger charge is 2.09. The van der Waals surface area contributed by atoms with Crippen LogP contribution in [0.25, 0.3) is 10.9 Å². The van der Waals surface area contributed by atoms with Gasteiger partial charge in [-0.05, 0) is 48.7 Å². The Morgan fingerprint density at radius 2 is 1.80 bits per heavy atom. The first-order chi connectivity index (χ1) is 12.2. The van der Waals surface area contributed by atoms with Crippen molar-refractivity contribution in [3.63, 3.8) is 0 Å². The number of benzene rings is 2. The molecule has 0 radical (unpaired) electrons. The first-order valence-electron chi connectivity index (χ1n) is 8.11. The van der Waals surface area contributed by atoms with Gasteiger partial charge >= 0.3 is 11.9 Å². The summed E-state index contributed by atoms with van der Waals surface area (Å²) in [5.74, 6) is -0.285. The summed E-state index contributed by atoms with van der Waals surface area (Å²) < 4.78 is 9.92. The van der Waals surface area contributed by atoms with Crippen LogP contribution in [-0.2, 0) is 16.0 Å². The van der Waals surface area contributed by atoms with Gasteiger partial charge in [-0.3, -0.25) is 4.79 Å². The van der Waals surface area contributed by atoms with Crippen LogP contribution in [0.3, 0.4) is 0 Å². The predicted octanol–water partition coefficient (Wildman–Crippen LogP) is 3.88. The number of carbonyl (C=O) groups is 2. The summed E-state index contributed by atoms with van der Waals surface area (Å²) in [6.45, 7) is 0. The molecule has 0 bridgehead atoms. The third kappa shape index (κ3) is 4.07. The van der Waals surface area contributed by atoms with Crippen molar-refractivity contribution >= 4 is 22.8 Å². The molecular weight excluding hydrogens is 318 g/mol. The second kappa shape index (κ2) is 7.66. The molecule has 3 rings (SSSR count). The van der Waals surface area contributed by atoms with Crippen LogP contribution >= 0.6 is 0 Å². The van der Waals surface area contributed by atoms with E-state index in [1.54, 1.807) is 24.3 Å². The smallest absolute Gasteiger partial charge is 0.337 e. The lowest BCUT2D eigenvalue weighted by atomic mass is 10.1. The van der Waals surface area contributed by atoms with Gasteiger partial charge in [-0.1, -0.05) is 18.2 Å². The maximum atomic E-state index is 12.0. The summed E-state index contributed by atoms with van der Waals surface area (Å²) in [6, 6.07) is 14.4. The van der Waals surface area contributed by atoms with E-state index in [2.05, 4.69) is 15.8 Å². The molecule has 0 saturated carbocycles. The maximum Gasteiger partial charge on any atom is 0.337 e. The van der Waals surface area contributed by atoms with Crippen LogP contribution < -0.4 is 4.74 Å². The first-order valence-corrected chi connectivity index (χ1v) is 8.11. The Morgan fingerprint density at radius 3 is 2.56 bits per heavy atom. The number of methoxy groups -OCH3 is 1. The molecule has 5 heteroatoms. The number of fused-ring (bicyclic) bond motifs is 1. The van der Waals surface area contributed by atoms with E-state index in [1.165, 1.54) is 18.1 Å². The number of aromatic nitrogens is 1. The number of hydrogen-bond donors (Lipinski definition) is 1. The number of para-hydroxylation sites is 1. The molecule has 1 aromatic heterocycles. The topological polar surface area (TPSA) is 68.4 Å². The third-order valence-corrected chi connectivity index (χ3v) is 4.01. The van der Waals surface area contributed by atoms with E-state index in [9.17, 15) is 9.59 Å². The molecule has 0 amide bonds. The molecule has 1 heterocycles. The van der Waals surface area contributed by atoms with Gasteiger partial charge in [0, 0.05) is 23.5 Å². The highest BCUT2D eigenvalue weighted by Crippen LogP contribution is 2.20. The Kier molecular flexibility index (Phi) is 5.14. The number of carbonyl (C=O) groups excluding carboxylic acids is 2. The van der Waals surface area contributed by atoms with Gasteiger partial charge in [0.05, 0.1) is 12.7 Å². The molecule has 128 valence electrons. The van der Waals surface area contributed by atoms with Gasteiger partial charge < -0.3 is 14.5 Å². The van der Waals surface area contributed by atoms with Crippen molar-refractivity contribution in [3.8, 4) is 5.75 Å². The van der Waals surface area contributed by atoms with E-state index in [4.69, 9.17) is 4.74 Å². The lowest BCUT2D eigenvalue weighted by Gasteiger charge is -2.05. The lowest BCUT2D eigenvalue weighted by Crippen LogP contribution is -2.08. The van der Waals surface area contributed by atoms with Gasteiger partial charge in [-0.2, -0.15) is 0 Å². The Morgan fingerprint density at radius 1 is 1.04 bits per heavy atom. The zero-order valence-corrected chi connectivity index (χ0v) is 14.0. The predicted molar refractivity (Wildman–Crippen MR) is 94.7 cm³/mol. The second-order valence-corrected chi connectivity index (χ2v) is 5.70. The van der Waals surface area contributed by atoms with Crippen LogP contribution in [0.1, 0.15) is 28.8 Å². The number of ether oxygens (including phenoxy) is 2. The van der Waals surface area contributed by atoms with E-state index < -0.39 is 5.97 Å². The van der Waals surface area contributed by atoms with E-state index in [0.29, 0.717) is 24.2 Å². The fourth-order valence-electron chi connectivity index (χ4n) is 2.72. The minimum Gasteiger partial charge on any atom is -0.465 e. The number of hydrogen-bond acceptors (Lipinski definition) is 4. The van der Waals surface area contributed by atoms with E-state index in [1.807, 2.05) is 24.4 Å². The van der Waals surface area contributed by atoms with Gasteiger partial charge in [0.2, 0.25) is 0 Å². The van der Waals surface area contributed by atoms with Crippen molar-refractivity contribution < 1.29 is 19.1 Å². The Labute approximate surface area is 145 Å². The van der Waals surface area contributed by atoms with Gasteiger partial charge in [-0.25, -0.2) is 4.79 Å². The Balaban J connectivity index is 1.50. The SMILES string of the molecule is COC(=O)c1ccc(OC(=O)CCCc2c[nH]c3ccccc23)cc1. The van der Waals surface area contributed by atoms with E-state index in [-0.39, 0.29) is 5.97 Å². The fraction of sp³-hybridized carbons (Fsp3) is 0.200. The molecule has 0 aliphatic carbocycles. The summed E-state index contributed by atoms with van der Waals surface area (Å²) in [6.07, 6.45) is 3.83. The van der Waals surface area contributed by atoms with Crippen LogP contribution in [0, 0.1) is 0 Å². The van der Waals surface area contributed by atoms with Crippen molar-refractivity contribution in [1.82, 2.24) is 4.98 Å². The molecule has 0 saturated heterocycles. The van der Waals surface area contributed by atoms with Gasteiger partial charge in [0.15, 0.2) is 0 Å². The highest BCUT2D eigenvalue weighted by atomic mass is 16.5. The number of rotatable bonds is 6. The van der Waals surface area contributed by atoms with Crippen molar-refractivity contribution in [1.29, 1.82) is 0 Å². The van der Waals surface area contributed by atoms with Crippen molar-refractivity contribution in [2.24, 2.45) is 0 Å². The van der Waals surface area contributed by atoms with Crippen molar-refractivity contribution in [3.05, 3.63) is 65.9 Å². The van der Waals surface area contributed by atoms with E-state index >= 15 is 0 Å². The average molecular weight is 337 g/mol. The summed E-state index contributed by atoms with van der Waals surface area (Å²) >= 11 is 0. The second-order valence-electron chi connectivity index (χ2n) is 5.70. The lowest BCUT2D eigenvalue weighted by molar-refractivity contribution is -0.134. The molecule has 0 aliphatic rings. The summed E-state index contributed by atoms with van der Waals surface area (Å²) in [5, 5.41) is 1.19. The number of H-pyrrole nitrogens is 1. The first kappa shape index (κ1) is 16.8. The minimum atomic E-state index is -0.420. The third-order valence-electron chi connectivity index (χ3n) is 4.01. The monoisotopic (exact) mass is 337 g/mol. The van der Waals surface area contributed by atoms with Gasteiger partial charge in [-0.15, -0.1) is 0 Å². The molecule has 2 aromatic carbocycles. The number of aryl methyl sites for hydroxylation is 1. The number of aromatic amines is 1. The fourth-order valence-corrected chi connectivity index (χ4v) is 2.72. The minimum absolute atomic E-state index is 0.286. The maximum absolute atomic E-state index is 12.0. The summed E-state index contributed by atoms with van der Waals surface area (Å²) in [4.78, 5) is 26.6. The van der Waals surface area contributed by atoms with Crippen molar-refractivity contribution in [2.45, 2.75) is 19.3 Å². The van der Waals surface area contributed by atoms with Crippen LogP contribution in [0.4, 0.5) is 0 Å². The molecule has 0 spiro atoms. The zero-order valence-electron chi connectivity index (χ0n) is 14.0. The zero-order chi connectivity index (χ0) is 17.6. The van der Waals surface area contributed by atoms with Crippen LogP contribution in [-0.4, -0.2) is 24.0 Å². The Hall–Kier alpha value is -3.08. The molecule has 1 N–H and O–H groups in total. The number of nitrogens with one attached hydrogen (secondary N) is 1. The summed E-state index contributed by atoms with van der Waals surface area (Å²) in [7, 11) is 1.32. The standard InChI is InChI=1S/C20H19NO4/c1-24-20(23)14-9-11-16(12-10-14)25-19(22)8-4-5-15-13-21-18-7-3-2-6-17(15)18/h2-3,6-7,9-13,21H,4-5,8H2,1H3. The van der Waals surface area contributed by atoms with Crippen molar-refractivity contribution in [2.75, 3.05) is 7.11 Å².